The number of aliphatic imine (C=N–C) groups is 1. The summed E-state index contributed by atoms with van der Waals surface area (Å²) in [5.74, 6) is -1.07. The van der Waals surface area contributed by atoms with E-state index in [1.165, 1.54) is 43.8 Å². The summed E-state index contributed by atoms with van der Waals surface area (Å²) in [6.07, 6.45) is -1.42. The van der Waals surface area contributed by atoms with Crippen molar-refractivity contribution in [2.24, 2.45) is 4.99 Å². The Hall–Kier alpha value is -4.45. The second kappa shape index (κ2) is 11.8. The molecule has 0 bridgehead atoms. The molecular weight excluding hydrogens is 571 g/mol. The van der Waals surface area contributed by atoms with Gasteiger partial charge in [0.05, 0.1) is 23.1 Å². The van der Waals surface area contributed by atoms with Crippen LogP contribution in [0.15, 0.2) is 70.1 Å². The molecule has 3 aromatic carbocycles. The number of halogens is 3. The number of hydrogen-bond donors (Lipinski definition) is 2. The number of ether oxygens (including phenoxy) is 1. The molecule has 12 heteroatoms. The average molecular weight is 598 g/mol. The molecule has 42 heavy (non-hydrogen) atoms. The lowest BCUT2D eigenvalue weighted by atomic mass is 9.97. The Morgan fingerprint density at radius 2 is 1.83 bits per heavy atom. The number of hydrogen-bond acceptors (Lipinski definition) is 7. The van der Waals surface area contributed by atoms with Crippen molar-refractivity contribution in [3.05, 3.63) is 77.6 Å². The van der Waals surface area contributed by atoms with Crippen LogP contribution in [-0.2, 0) is 4.18 Å². The summed E-state index contributed by atoms with van der Waals surface area (Å²) < 4.78 is 56.6. The maximum absolute atomic E-state index is 13.6. The van der Waals surface area contributed by atoms with Crippen molar-refractivity contribution in [2.75, 3.05) is 13.7 Å². The lowest BCUT2D eigenvalue weighted by Crippen LogP contribution is -2.49. The summed E-state index contributed by atoms with van der Waals surface area (Å²) in [6.45, 7) is 2.75. The first-order valence-corrected chi connectivity index (χ1v) is 13.6. The first-order valence-electron chi connectivity index (χ1n) is 12.8. The maximum Gasteiger partial charge on any atom is 0.272 e. The molecule has 8 nitrogen and oxygen atoms in total. The molecule has 2 amide bonds. The smallest absolute Gasteiger partial charge is 0.272 e. The molecule has 218 valence electrons. The minimum Gasteiger partial charge on any atom is -0.487 e. The molecule has 1 aliphatic rings. The van der Waals surface area contributed by atoms with Gasteiger partial charge >= 0.3 is 0 Å². The van der Waals surface area contributed by atoms with E-state index in [0.29, 0.717) is 27.6 Å². The molecule has 1 unspecified atom stereocenters. The zero-order valence-corrected chi connectivity index (χ0v) is 23.6. The van der Waals surface area contributed by atoms with E-state index in [2.05, 4.69) is 15.6 Å². The van der Waals surface area contributed by atoms with Crippen LogP contribution < -0.4 is 15.4 Å². The SMILES string of the molecule is CNC(=O)c1c(-c2ccc(F)cc2)oc2cc(OCC(F)F)c(-c3cccc(C(=O)NC(C)(C)C4N=COS4)c3)cc12. The van der Waals surface area contributed by atoms with Crippen LogP contribution in [0.2, 0.25) is 0 Å². The van der Waals surface area contributed by atoms with E-state index in [9.17, 15) is 22.8 Å². The van der Waals surface area contributed by atoms with Crippen molar-refractivity contribution in [3.63, 3.8) is 0 Å². The van der Waals surface area contributed by atoms with Crippen LogP contribution in [0.4, 0.5) is 13.2 Å². The summed E-state index contributed by atoms with van der Waals surface area (Å²) in [4.78, 5) is 30.5. The Morgan fingerprint density at radius 3 is 2.50 bits per heavy atom. The third kappa shape index (κ3) is 5.94. The number of carbonyl (C=O) groups excluding carboxylic acids is 2. The number of fused-ring (bicyclic) bond motifs is 1. The number of nitrogens with one attached hydrogen (secondary N) is 2. The largest absolute Gasteiger partial charge is 0.487 e. The van der Waals surface area contributed by atoms with Gasteiger partial charge in [-0.25, -0.2) is 18.2 Å². The first kappa shape index (κ1) is 29.1. The molecule has 1 aromatic heterocycles. The van der Waals surface area contributed by atoms with Gasteiger partial charge in [0.1, 0.15) is 29.5 Å². The fraction of sp³-hybridized carbons (Fsp3) is 0.233. The number of furan rings is 1. The summed E-state index contributed by atoms with van der Waals surface area (Å²) in [5.41, 5.74) is 1.22. The van der Waals surface area contributed by atoms with Crippen LogP contribution in [0, 0.1) is 5.82 Å². The highest BCUT2D eigenvalue weighted by Crippen LogP contribution is 2.41. The first-order chi connectivity index (χ1) is 20.1. The minimum absolute atomic E-state index is 0.0670. The van der Waals surface area contributed by atoms with Gasteiger partial charge in [0.2, 0.25) is 0 Å². The van der Waals surface area contributed by atoms with Gasteiger partial charge in [0.15, 0.2) is 11.8 Å². The molecule has 0 spiro atoms. The molecule has 4 aromatic rings. The standard InChI is InChI=1S/C30H26F3N3O5S/c1-30(2,29-35-15-40-42-29)36-27(37)18-6-4-5-17(11-18)20-12-21-23(13-22(20)39-14-24(32)33)41-26(25(21)28(38)34-3)16-7-9-19(31)10-8-16/h4-13,15,24,29H,14H2,1-3H3,(H,34,38)(H,36,37). The van der Waals surface area contributed by atoms with Crippen molar-refractivity contribution >= 4 is 41.2 Å². The molecule has 0 fully saturated rings. The van der Waals surface area contributed by atoms with Crippen molar-refractivity contribution in [1.82, 2.24) is 10.6 Å². The normalized spacial score (nSPS) is 14.7. The van der Waals surface area contributed by atoms with Gasteiger partial charge in [-0.05, 0) is 61.9 Å². The zero-order valence-electron chi connectivity index (χ0n) is 22.7. The maximum atomic E-state index is 13.6. The van der Waals surface area contributed by atoms with Gasteiger partial charge in [-0.2, -0.15) is 0 Å². The highest BCUT2D eigenvalue weighted by atomic mass is 32.2. The van der Waals surface area contributed by atoms with E-state index in [1.54, 1.807) is 30.3 Å². The molecule has 0 radical (unpaired) electrons. The summed E-state index contributed by atoms with van der Waals surface area (Å²) in [6, 6.07) is 15.0. The lowest BCUT2D eigenvalue weighted by molar-refractivity contribution is 0.0822. The van der Waals surface area contributed by atoms with Crippen LogP contribution in [0.5, 0.6) is 5.75 Å². The molecule has 0 aliphatic carbocycles. The molecule has 1 atom stereocenters. The predicted molar refractivity (Wildman–Crippen MR) is 154 cm³/mol. The predicted octanol–water partition coefficient (Wildman–Crippen LogP) is 6.45. The number of alkyl halides is 2. The third-order valence-electron chi connectivity index (χ3n) is 6.59. The van der Waals surface area contributed by atoms with E-state index >= 15 is 0 Å². The van der Waals surface area contributed by atoms with Crippen molar-refractivity contribution in [3.8, 4) is 28.2 Å². The molecule has 0 saturated heterocycles. The molecule has 0 saturated carbocycles. The van der Waals surface area contributed by atoms with Gasteiger partial charge < -0.3 is 24.0 Å². The quantitative estimate of drug-likeness (QED) is 0.215. The second-order valence-electron chi connectivity index (χ2n) is 9.99. The monoisotopic (exact) mass is 597 g/mol. The molecule has 2 heterocycles. The molecule has 1 aliphatic heterocycles. The van der Waals surface area contributed by atoms with Gasteiger partial charge in [-0.3, -0.25) is 9.59 Å². The molecule has 5 rings (SSSR count). The zero-order chi connectivity index (χ0) is 30.0. The van der Waals surface area contributed by atoms with Crippen LogP contribution >= 0.6 is 12.0 Å². The van der Waals surface area contributed by atoms with E-state index < -0.39 is 30.3 Å². The van der Waals surface area contributed by atoms with E-state index in [0.717, 1.165) is 12.0 Å². The Morgan fingerprint density at radius 1 is 1.07 bits per heavy atom. The fourth-order valence-corrected chi connectivity index (χ4v) is 5.12. The highest BCUT2D eigenvalue weighted by Gasteiger charge is 2.35. The van der Waals surface area contributed by atoms with E-state index in [4.69, 9.17) is 13.3 Å². The Balaban J connectivity index is 1.61. The Kier molecular flexibility index (Phi) is 8.17. The van der Waals surface area contributed by atoms with Crippen molar-refractivity contribution < 1.29 is 36.1 Å². The average Bonchev–Trinajstić information content (AvgIpc) is 3.64. The second-order valence-corrected chi connectivity index (χ2v) is 10.8. The minimum atomic E-state index is -2.75. The van der Waals surface area contributed by atoms with E-state index in [-0.39, 0.29) is 33.9 Å². The number of benzene rings is 3. The number of nitrogens with zero attached hydrogens (tertiary/aromatic N) is 1. The summed E-state index contributed by atoms with van der Waals surface area (Å²) in [5, 5.41) is 5.57. The molecule has 2 N–H and O–H groups in total. The Labute approximate surface area is 243 Å². The van der Waals surface area contributed by atoms with Crippen LogP contribution in [0.1, 0.15) is 34.6 Å². The fourth-order valence-electron chi connectivity index (χ4n) is 4.52. The van der Waals surface area contributed by atoms with Gasteiger partial charge in [0.25, 0.3) is 18.2 Å². The number of carbonyl (C=O) groups is 2. The number of amides is 2. The topological polar surface area (TPSA) is 102 Å². The lowest BCUT2D eigenvalue weighted by Gasteiger charge is -2.28. The summed E-state index contributed by atoms with van der Waals surface area (Å²) >= 11 is 1.13. The van der Waals surface area contributed by atoms with Crippen LogP contribution in [0.3, 0.4) is 0 Å². The highest BCUT2D eigenvalue weighted by molar-refractivity contribution is 7.96. The van der Waals surface area contributed by atoms with Gasteiger partial charge in [-0.15, -0.1) is 0 Å². The van der Waals surface area contributed by atoms with Crippen molar-refractivity contribution in [1.29, 1.82) is 0 Å². The third-order valence-corrected chi connectivity index (χ3v) is 7.68. The molecular formula is C30H26F3N3O5S. The van der Waals surface area contributed by atoms with Crippen LogP contribution in [0.25, 0.3) is 33.4 Å². The number of rotatable bonds is 9. The van der Waals surface area contributed by atoms with E-state index in [1.807, 2.05) is 13.8 Å². The van der Waals surface area contributed by atoms with Gasteiger partial charge in [0, 0.05) is 35.2 Å². The Bertz CT molecular complexity index is 1670. The van der Waals surface area contributed by atoms with Gasteiger partial charge in [-0.1, -0.05) is 12.1 Å². The van der Waals surface area contributed by atoms with Crippen molar-refractivity contribution in [2.45, 2.75) is 31.2 Å². The van der Waals surface area contributed by atoms with Crippen LogP contribution in [-0.4, -0.2) is 49.2 Å². The summed E-state index contributed by atoms with van der Waals surface area (Å²) in [7, 11) is 1.46.